The van der Waals surface area contributed by atoms with Crippen LogP contribution in [0.2, 0.25) is 0 Å². The number of benzene rings is 1. The summed E-state index contributed by atoms with van der Waals surface area (Å²) in [6, 6.07) is 9.81. The lowest BCUT2D eigenvalue weighted by atomic mass is 9.97. The maximum atomic E-state index is 3.57. The van der Waals surface area contributed by atoms with Crippen LogP contribution < -0.4 is 5.32 Å². The fourth-order valence-corrected chi connectivity index (χ4v) is 2.79. The van der Waals surface area contributed by atoms with Gasteiger partial charge in [0.1, 0.15) is 0 Å². The van der Waals surface area contributed by atoms with E-state index in [1.165, 1.54) is 36.8 Å². The van der Waals surface area contributed by atoms with Crippen LogP contribution in [0.4, 0.5) is 0 Å². The average molecular weight is 217 g/mol. The van der Waals surface area contributed by atoms with E-state index in [4.69, 9.17) is 0 Å². The summed E-state index contributed by atoms with van der Waals surface area (Å²) in [5.41, 5.74) is 2.87. The van der Waals surface area contributed by atoms with Crippen LogP contribution in [0.15, 0.2) is 24.3 Å². The first-order valence-electron chi connectivity index (χ1n) is 6.57. The molecule has 1 aromatic rings. The molecule has 1 fully saturated rings. The minimum absolute atomic E-state index is 0.778. The van der Waals surface area contributed by atoms with Crippen LogP contribution in [0.25, 0.3) is 0 Å². The van der Waals surface area contributed by atoms with E-state index < -0.39 is 0 Å². The van der Waals surface area contributed by atoms with Gasteiger partial charge in [0.2, 0.25) is 0 Å². The molecule has 0 amide bonds. The van der Waals surface area contributed by atoms with Crippen molar-refractivity contribution in [3.8, 4) is 0 Å². The van der Waals surface area contributed by atoms with Crippen molar-refractivity contribution in [1.29, 1.82) is 0 Å². The summed E-state index contributed by atoms with van der Waals surface area (Å²) in [7, 11) is 0. The van der Waals surface area contributed by atoms with Gasteiger partial charge in [0.25, 0.3) is 0 Å². The molecule has 1 aromatic carbocycles. The number of nitrogens with one attached hydrogen (secondary N) is 1. The lowest BCUT2D eigenvalue weighted by Crippen LogP contribution is -2.25. The van der Waals surface area contributed by atoms with Crippen LogP contribution in [0.5, 0.6) is 0 Å². The predicted molar refractivity (Wildman–Crippen MR) is 69.7 cm³/mol. The molecule has 2 atom stereocenters. The third-order valence-electron chi connectivity index (χ3n) is 3.68. The van der Waals surface area contributed by atoms with Crippen molar-refractivity contribution >= 4 is 0 Å². The van der Waals surface area contributed by atoms with Crippen molar-refractivity contribution in [3.05, 3.63) is 35.4 Å². The van der Waals surface area contributed by atoms with E-state index in [0.29, 0.717) is 0 Å². The zero-order valence-corrected chi connectivity index (χ0v) is 10.5. The molecular weight excluding hydrogens is 194 g/mol. The van der Waals surface area contributed by atoms with Gasteiger partial charge in [-0.15, -0.1) is 0 Å². The highest BCUT2D eigenvalue weighted by molar-refractivity contribution is 5.21. The summed E-state index contributed by atoms with van der Waals surface area (Å²) >= 11 is 0. The van der Waals surface area contributed by atoms with Gasteiger partial charge < -0.3 is 5.32 Å². The van der Waals surface area contributed by atoms with Gasteiger partial charge in [0, 0.05) is 6.04 Å². The van der Waals surface area contributed by atoms with Gasteiger partial charge in [0.15, 0.2) is 0 Å². The van der Waals surface area contributed by atoms with Crippen LogP contribution in [0.3, 0.4) is 0 Å². The Balaban J connectivity index is 1.84. The van der Waals surface area contributed by atoms with Gasteiger partial charge in [-0.25, -0.2) is 0 Å². The van der Waals surface area contributed by atoms with Crippen molar-refractivity contribution < 1.29 is 0 Å². The van der Waals surface area contributed by atoms with Gasteiger partial charge in [0.05, 0.1) is 0 Å². The molecule has 1 N–H and O–H groups in total. The lowest BCUT2D eigenvalue weighted by Gasteiger charge is -2.12. The van der Waals surface area contributed by atoms with E-state index in [0.717, 1.165) is 18.5 Å². The molecule has 1 saturated carbocycles. The second-order valence-corrected chi connectivity index (χ2v) is 5.12. The largest absolute Gasteiger partial charge is 0.314 e. The molecule has 2 unspecified atom stereocenters. The first kappa shape index (κ1) is 11.7. The molecule has 0 bridgehead atoms. The van der Waals surface area contributed by atoms with Crippen LogP contribution in [0, 0.1) is 12.8 Å². The van der Waals surface area contributed by atoms with Gasteiger partial charge in [-0.2, -0.15) is 0 Å². The summed E-state index contributed by atoms with van der Waals surface area (Å²) in [4.78, 5) is 0. The van der Waals surface area contributed by atoms with Crippen molar-refractivity contribution in [3.63, 3.8) is 0 Å². The molecule has 1 aliphatic rings. The summed E-state index contributed by atoms with van der Waals surface area (Å²) in [5, 5.41) is 3.57. The minimum Gasteiger partial charge on any atom is -0.314 e. The number of rotatable bonds is 4. The summed E-state index contributed by atoms with van der Waals surface area (Å²) < 4.78 is 0. The van der Waals surface area contributed by atoms with Crippen molar-refractivity contribution in [2.24, 2.45) is 5.92 Å². The summed E-state index contributed by atoms with van der Waals surface area (Å²) in [6.07, 6.45) is 5.39. The van der Waals surface area contributed by atoms with E-state index in [-0.39, 0.29) is 0 Å². The fourth-order valence-electron chi connectivity index (χ4n) is 2.79. The van der Waals surface area contributed by atoms with Gasteiger partial charge >= 0.3 is 0 Å². The van der Waals surface area contributed by atoms with Crippen molar-refractivity contribution in [2.45, 2.75) is 45.6 Å². The Kier molecular flexibility index (Phi) is 4.00. The predicted octanol–water partition coefficient (Wildman–Crippen LogP) is 3.32. The fraction of sp³-hybridized carbons (Fsp3) is 0.600. The molecule has 0 saturated heterocycles. The van der Waals surface area contributed by atoms with E-state index in [1.54, 1.807) is 0 Å². The SMILES string of the molecule is CCNC1CCC(Cc2ccc(C)cc2)C1. The van der Waals surface area contributed by atoms with Gasteiger partial charge in [-0.3, -0.25) is 0 Å². The highest BCUT2D eigenvalue weighted by Gasteiger charge is 2.23. The van der Waals surface area contributed by atoms with Gasteiger partial charge in [-0.05, 0) is 50.6 Å². The monoisotopic (exact) mass is 217 g/mol. The Morgan fingerprint density at radius 1 is 1.19 bits per heavy atom. The second kappa shape index (κ2) is 5.49. The Morgan fingerprint density at radius 3 is 2.62 bits per heavy atom. The molecule has 0 spiro atoms. The molecule has 1 heteroatoms. The number of aryl methyl sites for hydroxylation is 1. The van der Waals surface area contributed by atoms with Crippen LogP contribution in [-0.4, -0.2) is 12.6 Å². The van der Waals surface area contributed by atoms with E-state index in [9.17, 15) is 0 Å². The smallest absolute Gasteiger partial charge is 0.00698 e. The van der Waals surface area contributed by atoms with Crippen LogP contribution >= 0.6 is 0 Å². The minimum atomic E-state index is 0.778. The topological polar surface area (TPSA) is 12.0 Å². The first-order valence-corrected chi connectivity index (χ1v) is 6.57. The van der Waals surface area contributed by atoms with E-state index >= 15 is 0 Å². The average Bonchev–Trinajstić information content (AvgIpc) is 2.70. The molecular formula is C15H23N. The van der Waals surface area contributed by atoms with Crippen molar-refractivity contribution in [1.82, 2.24) is 5.32 Å². The Hall–Kier alpha value is -0.820. The Bertz CT molecular complexity index is 315. The maximum absolute atomic E-state index is 3.57. The highest BCUT2D eigenvalue weighted by Crippen LogP contribution is 2.28. The quantitative estimate of drug-likeness (QED) is 0.816. The lowest BCUT2D eigenvalue weighted by molar-refractivity contribution is 0.493. The maximum Gasteiger partial charge on any atom is 0.00698 e. The van der Waals surface area contributed by atoms with Crippen LogP contribution in [-0.2, 0) is 6.42 Å². The summed E-state index contributed by atoms with van der Waals surface area (Å²) in [5.74, 6) is 0.895. The Labute approximate surface area is 99.3 Å². The molecule has 0 heterocycles. The molecule has 1 aliphatic carbocycles. The molecule has 0 aromatic heterocycles. The molecule has 2 rings (SSSR count). The molecule has 1 nitrogen and oxygen atoms in total. The van der Waals surface area contributed by atoms with E-state index in [2.05, 4.69) is 43.4 Å². The summed E-state index contributed by atoms with van der Waals surface area (Å²) in [6.45, 7) is 5.47. The highest BCUT2D eigenvalue weighted by atomic mass is 14.9. The third kappa shape index (κ3) is 3.08. The zero-order valence-electron chi connectivity index (χ0n) is 10.5. The standard InChI is InChI=1S/C15H23N/c1-3-16-15-9-8-14(11-15)10-13-6-4-12(2)5-7-13/h4-7,14-16H,3,8-11H2,1-2H3. The molecule has 88 valence electrons. The molecule has 0 aliphatic heterocycles. The van der Waals surface area contributed by atoms with Gasteiger partial charge in [-0.1, -0.05) is 36.8 Å². The van der Waals surface area contributed by atoms with Crippen molar-refractivity contribution in [2.75, 3.05) is 6.54 Å². The zero-order chi connectivity index (χ0) is 11.4. The van der Waals surface area contributed by atoms with E-state index in [1.807, 2.05) is 0 Å². The third-order valence-corrected chi connectivity index (χ3v) is 3.68. The Morgan fingerprint density at radius 2 is 1.94 bits per heavy atom. The second-order valence-electron chi connectivity index (χ2n) is 5.12. The number of hydrogen-bond acceptors (Lipinski definition) is 1. The molecule has 0 radical (unpaired) electrons. The normalized spacial score (nSPS) is 24.9. The first-order chi connectivity index (χ1) is 7.78. The molecule has 16 heavy (non-hydrogen) atoms. The van der Waals surface area contributed by atoms with Crippen LogP contribution in [0.1, 0.15) is 37.3 Å². The number of hydrogen-bond donors (Lipinski definition) is 1.